The van der Waals surface area contributed by atoms with Crippen LogP contribution in [0.15, 0.2) is 30.5 Å². The van der Waals surface area contributed by atoms with Crippen molar-refractivity contribution in [2.24, 2.45) is 5.73 Å². The van der Waals surface area contributed by atoms with Crippen molar-refractivity contribution in [3.63, 3.8) is 0 Å². The fourth-order valence-electron chi connectivity index (χ4n) is 1.27. The van der Waals surface area contributed by atoms with Crippen molar-refractivity contribution in [1.29, 1.82) is 0 Å². The molecular weight excluding hydrogens is 202 g/mol. The first kappa shape index (κ1) is 12.4. The number of nitrogens with one attached hydrogen (secondary N) is 1. The van der Waals surface area contributed by atoms with Crippen LogP contribution in [0, 0.1) is 6.92 Å². The number of hydrogen-bond acceptors (Lipinski definition) is 3. The smallest absolute Gasteiger partial charge is 0.226 e. The van der Waals surface area contributed by atoms with Crippen LogP contribution in [0.2, 0.25) is 0 Å². The Labute approximate surface area is 95.6 Å². The average molecular weight is 219 g/mol. The predicted octanol–water partition coefficient (Wildman–Crippen LogP) is 0.564. The highest BCUT2D eigenvalue weighted by atomic mass is 16.1. The quantitative estimate of drug-likeness (QED) is 0.711. The summed E-state index contributed by atoms with van der Waals surface area (Å²) in [4.78, 5) is 15.7. The molecule has 0 saturated heterocycles. The van der Waals surface area contributed by atoms with Crippen LogP contribution in [0.1, 0.15) is 11.3 Å². The van der Waals surface area contributed by atoms with Gasteiger partial charge in [0, 0.05) is 19.3 Å². The average Bonchev–Trinajstić information content (AvgIpc) is 2.28. The SMILES string of the molecule is Cc1cccnc1CC(=O)NC/C=C/CN. The first-order valence-electron chi connectivity index (χ1n) is 5.26. The van der Waals surface area contributed by atoms with E-state index in [1.807, 2.05) is 31.2 Å². The largest absolute Gasteiger partial charge is 0.352 e. The fraction of sp³-hybridized carbons (Fsp3) is 0.333. The topological polar surface area (TPSA) is 68.0 Å². The number of nitrogens with zero attached hydrogens (tertiary/aromatic N) is 1. The third kappa shape index (κ3) is 4.23. The van der Waals surface area contributed by atoms with Gasteiger partial charge in [-0.1, -0.05) is 18.2 Å². The van der Waals surface area contributed by atoms with E-state index < -0.39 is 0 Å². The van der Waals surface area contributed by atoms with Gasteiger partial charge in [0.1, 0.15) is 0 Å². The lowest BCUT2D eigenvalue weighted by Crippen LogP contribution is -2.25. The summed E-state index contributed by atoms with van der Waals surface area (Å²) in [5.41, 5.74) is 7.14. The van der Waals surface area contributed by atoms with Crippen molar-refractivity contribution < 1.29 is 4.79 Å². The van der Waals surface area contributed by atoms with Gasteiger partial charge in [-0.15, -0.1) is 0 Å². The molecule has 86 valence electrons. The zero-order valence-corrected chi connectivity index (χ0v) is 9.44. The molecule has 1 rings (SSSR count). The molecule has 0 fully saturated rings. The molecule has 0 radical (unpaired) electrons. The van der Waals surface area contributed by atoms with Crippen LogP contribution in [0.25, 0.3) is 0 Å². The van der Waals surface area contributed by atoms with Crippen molar-refractivity contribution in [1.82, 2.24) is 10.3 Å². The molecule has 1 heterocycles. The fourth-order valence-corrected chi connectivity index (χ4v) is 1.27. The summed E-state index contributed by atoms with van der Waals surface area (Å²) in [5, 5.41) is 2.77. The molecule has 3 N–H and O–H groups in total. The minimum absolute atomic E-state index is 0.0246. The number of hydrogen-bond donors (Lipinski definition) is 2. The molecule has 1 aromatic heterocycles. The van der Waals surface area contributed by atoms with Crippen LogP contribution < -0.4 is 11.1 Å². The van der Waals surface area contributed by atoms with E-state index in [4.69, 9.17) is 5.73 Å². The third-order valence-corrected chi connectivity index (χ3v) is 2.17. The first-order valence-corrected chi connectivity index (χ1v) is 5.26. The molecule has 16 heavy (non-hydrogen) atoms. The van der Waals surface area contributed by atoms with Crippen molar-refractivity contribution in [2.45, 2.75) is 13.3 Å². The number of amides is 1. The molecule has 0 aliphatic rings. The Balaban J connectivity index is 2.40. The second kappa shape index (κ2) is 6.74. The molecule has 0 bridgehead atoms. The monoisotopic (exact) mass is 219 g/mol. The zero-order chi connectivity index (χ0) is 11.8. The Kier molecular flexibility index (Phi) is 5.22. The van der Waals surface area contributed by atoms with Crippen LogP contribution in [0.5, 0.6) is 0 Å². The van der Waals surface area contributed by atoms with Crippen LogP contribution in [-0.2, 0) is 11.2 Å². The Hall–Kier alpha value is -1.68. The van der Waals surface area contributed by atoms with Crippen LogP contribution in [0.4, 0.5) is 0 Å². The van der Waals surface area contributed by atoms with Gasteiger partial charge in [-0.3, -0.25) is 9.78 Å². The van der Waals surface area contributed by atoms with E-state index in [0.717, 1.165) is 11.3 Å². The maximum absolute atomic E-state index is 11.5. The van der Waals surface area contributed by atoms with Gasteiger partial charge in [-0.05, 0) is 18.6 Å². The van der Waals surface area contributed by atoms with E-state index in [0.29, 0.717) is 19.5 Å². The first-order chi connectivity index (χ1) is 7.74. The Morgan fingerprint density at radius 2 is 2.38 bits per heavy atom. The van der Waals surface area contributed by atoms with Crippen LogP contribution in [-0.4, -0.2) is 24.0 Å². The Morgan fingerprint density at radius 3 is 3.06 bits per heavy atom. The molecular formula is C12H17N3O. The number of nitrogens with two attached hydrogens (primary N) is 1. The van der Waals surface area contributed by atoms with E-state index >= 15 is 0 Å². The third-order valence-electron chi connectivity index (χ3n) is 2.17. The zero-order valence-electron chi connectivity index (χ0n) is 9.44. The Bertz CT molecular complexity index is 374. The predicted molar refractivity (Wildman–Crippen MR) is 63.9 cm³/mol. The summed E-state index contributed by atoms with van der Waals surface area (Å²) in [6, 6.07) is 3.81. The van der Waals surface area contributed by atoms with Gasteiger partial charge in [0.25, 0.3) is 0 Å². The molecule has 4 heteroatoms. The molecule has 0 aliphatic heterocycles. The van der Waals surface area contributed by atoms with E-state index in [-0.39, 0.29) is 5.91 Å². The van der Waals surface area contributed by atoms with Gasteiger partial charge in [-0.25, -0.2) is 0 Å². The maximum Gasteiger partial charge on any atom is 0.226 e. The van der Waals surface area contributed by atoms with Gasteiger partial charge < -0.3 is 11.1 Å². The van der Waals surface area contributed by atoms with E-state index in [9.17, 15) is 4.79 Å². The molecule has 1 aromatic rings. The van der Waals surface area contributed by atoms with Gasteiger partial charge in [0.05, 0.1) is 12.1 Å². The standard InChI is InChI=1S/C12H17N3O/c1-10-5-4-8-14-11(10)9-12(16)15-7-3-2-6-13/h2-5,8H,6-7,9,13H2,1H3,(H,15,16)/b3-2+. The normalized spacial score (nSPS) is 10.6. The van der Waals surface area contributed by atoms with E-state index in [1.54, 1.807) is 6.20 Å². The molecule has 0 saturated carbocycles. The summed E-state index contributed by atoms with van der Waals surface area (Å²) < 4.78 is 0. The summed E-state index contributed by atoms with van der Waals surface area (Å²) in [5.74, 6) is -0.0246. The second-order valence-electron chi connectivity index (χ2n) is 3.45. The lowest BCUT2D eigenvalue weighted by molar-refractivity contribution is -0.120. The lowest BCUT2D eigenvalue weighted by atomic mass is 10.1. The lowest BCUT2D eigenvalue weighted by Gasteiger charge is -2.04. The van der Waals surface area contributed by atoms with Gasteiger partial charge in [-0.2, -0.15) is 0 Å². The molecule has 0 spiro atoms. The molecule has 4 nitrogen and oxygen atoms in total. The van der Waals surface area contributed by atoms with Crippen LogP contribution >= 0.6 is 0 Å². The maximum atomic E-state index is 11.5. The van der Waals surface area contributed by atoms with E-state index in [2.05, 4.69) is 10.3 Å². The van der Waals surface area contributed by atoms with Gasteiger partial charge in [0.2, 0.25) is 5.91 Å². The number of rotatable bonds is 5. The second-order valence-corrected chi connectivity index (χ2v) is 3.45. The van der Waals surface area contributed by atoms with Gasteiger partial charge in [0.15, 0.2) is 0 Å². The van der Waals surface area contributed by atoms with Crippen molar-refractivity contribution >= 4 is 5.91 Å². The van der Waals surface area contributed by atoms with Gasteiger partial charge >= 0.3 is 0 Å². The highest BCUT2D eigenvalue weighted by Crippen LogP contribution is 2.03. The summed E-state index contributed by atoms with van der Waals surface area (Å²) in [6.45, 7) is 2.96. The number of pyridine rings is 1. The number of aryl methyl sites for hydroxylation is 1. The van der Waals surface area contributed by atoms with E-state index in [1.165, 1.54) is 0 Å². The molecule has 1 amide bonds. The summed E-state index contributed by atoms with van der Waals surface area (Å²) >= 11 is 0. The highest BCUT2D eigenvalue weighted by Gasteiger charge is 2.04. The Morgan fingerprint density at radius 1 is 1.56 bits per heavy atom. The summed E-state index contributed by atoms with van der Waals surface area (Å²) in [7, 11) is 0. The molecule has 0 aliphatic carbocycles. The highest BCUT2D eigenvalue weighted by molar-refractivity contribution is 5.78. The number of carbonyl (C=O) groups is 1. The summed E-state index contributed by atoms with van der Waals surface area (Å²) in [6.07, 6.45) is 5.67. The number of carbonyl (C=O) groups excluding carboxylic acids is 1. The molecule has 0 atom stereocenters. The van der Waals surface area contributed by atoms with Crippen molar-refractivity contribution in [3.05, 3.63) is 41.7 Å². The molecule has 0 aromatic carbocycles. The van der Waals surface area contributed by atoms with Crippen molar-refractivity contribution in [2.75, 3.05) is 13.1 Å². The van der Waals surface area contributed by atoms with Crippen molar-refractivity contribution in [3.8, 4) is 0 Å². The van der Waals surface area contributed by atoms with Crippen LogP contribution in [0.3, 0.4) is 0 Å². The minimum Gasteiger partial charge on any atom is -0.352 e. The number of aromatic nitrogens is 1. The minimum atomic E-state index is -0.0246. The molecule has 0 unspecified atom stereocenters.